The van der Waals surface area contributed by atoms with E-state index in [1.165, 1.54) is 0 Å². The van der Waals surface area contributed by atoms with Gasteiger partial charge >= 0.3 is 0 Å². The first-order valence-corrected chi connectivity index (χ1v) is 6.02. The second-order valence-electron chi connectivity index (χ2n) is 3.93. The third kappa shape index (κ3) is 2.71. The molecule has 0 bridgehead atoms. The van der Waals surface area contributed by atoms with Crippen LogP contribution in [0.25, 0.3) is 5.69 Å². The van der Waals surface area contributed by atoms with E-state index in [-0.39, 0.29) is 0 Å². The summed E-state index contributed by atoms with van der Waals surface area (Å²) in [5.74, 6) is 0. The van der Waals surface area contributed by atoms with Crippen molar-refractivity contribution in [1.29, 1.82) is 0 Å². The molecule has 4 nitrogen and oxygen atoms in total. The minimum atomic E-state index is 0.344. The summed E-state index contributed by atoms with van der Waals surface area (Å²) in [6.45, 7) is 5.24. The van der Waals surface area contributed by atoms with Gasteiger partial charge in [0, 0.05) is 18.4 Å². The van der Waals surface area contributed by atoms with Crippen LogP contribution in [0.1, 0.15) is 32.0 Å². The van der Waals surface area contributed by atoms with Crippen LogP contribution in [0, 0.1) is 0 Å². The van der Waals surface area contributed by atoms with Gasteiger partial charge in [0.25, 0.3) is 0 Å². The van der Waals surface area contributed by atoms with Crippen molar-refractivity contribution in [2.75, 3.05) is 6.54 Å². The first-order valence-electron chi connectivity index (χ1n) is 6.02. The van der Waals surface area contributed by atoms with Gasteiger partial charge in [-0.25, -0.2) is 4.98 Å². The van der Waals surface area contributed by atoms with E-state index in [4.69, 9.17) is 0 Å². The van der Waals surface area contributed by atoms with Crippen molar-refractivity contribution in [2.45, 2.75) is 26.3 Å². The maximum Gasteiger partial charge on any atom is 0.0992 e. The van der Waals surface area contributed by atoms with Crippen LogP contribution in [0.15, 0.2) is 37.1 Å². The van der Waals surface area contributed by atoms with Crippen molar-refractivity contribution in [2.24, 2.45) is 0 Å². The Balaban J connectivity index is 2.17. The van der Waals surface area contributed by atoms with Crippen molar-refractivity contribution < 1.29 is 0 Å². The molecule has 0 fully saturated rings. The van der Waals surface area contributed by atoms with Crippen molar-refractivity contribution in [3.05, 3.63) is 42.7 Å². The molecule has 1 atom stereocenters. The second-order valence-corrected chi connectivity index (χ2v) is 3.93. The van der Waals surface area contributed by atoms with Crippen molar-refractivity contribution in [3.8, 4) is 5.69 Å². The SMILES string of the molecule is CCNC(CC)c1ccc(-n2ccnc2)cn1. The summed E-state index contributed by atoms with van der Waals surface area (Å²) in [6, 6.07) is 4.49. The summed E-state index contributed by atoms with van der Waals surface area (Å²) in [5.41, 5.74) is 2.14. The predicted molar refractivity (Wildman–Crippen MR) is 68.1 cm³/mol. The molecule has 1 unspecified atom stereocenters. The summed E-state index contributed by atoms with van der Waals surface area (Å²) in [7, 11) is 0. The zero-order valence-corrected chi connectivity index (χ0v) is 10.3. The fourth-order valence-electron chi connectivity index (χ4n) is 1.87. The Labute approximate surface area is 102 Å². The van der Waals surface area contributed by atoms with Gasteiger partial charge in [0.1, 0.15) is 0 Å². The molecule has 4 heteroatoms. The highest BCUT2D eigenvalue weighted by atomic mass is 15.0. The standard InChI is InChI=1S/C13H18N4/c1-3-12(15-4-2)13-6-5-11(9-16-13)17-8-7-14-10-17/h5-10,12,15H,3-4H2,1-2H3. The Kier molecular flexibility index (Phi) is 3.88. The molecule has 0 radical (unpaired) electrons. The highest BCUT2D eigenvalue weighted by molar-refractivity contribution is 5.30. The van der Waals surface area contributed by atoms with Gasteiger partial charge in [-0.1, -0.05) is 13.8 Å². The lowest BCUT2D eigenvalue weighted by Gasteiger charge is -2.15. The summed E-state index contributed by atoms with van der Waals surface area (Å²) in [6.07, 6.45) is 8.39. The molecule has 2 aromatic heterocycles. The number of nitrogens with zero attached hydrogens (tertiary/aromatic N) is 3. The molecule has 0 amide bonds. The van der Waals surface area contributed by atoms with E-state index in [2.05, 4.69) is 41.3 Å². The topological polar surface area (TPSA) is 42.7 Å². The van der Waals surface area contributed by atoms with Crippen molar-refractivity contribution in [1.82, 2.24) is 19.9 Å². The van der Waals surface area contributed by atoms with Gasteiger partial charge in [0.05, 0.1) is 23.9 Å². The first kappa shape index (κ1) is 11.8. The van der Waals surface area contributed by atoms with Crippen LogP contribution in [0.5, 0.6) is 0 Å². The van der Waals surface area contributed by atoms with Gasteiger partial charge in [-0.05, 0) is 25.1 Å². The van der Waals surface area contributed by atoms with Crippen LogP contribution < -0.4 is 5.32 Å². The zero-order chi connectivity index (χ0) is 12.1. The van der Waals surface area contributed by atoms with Crippen LogP contribution >= 0.6 is 0 Å². The number of aromatic nitrogens is 3. The smallest absolute Gasteiger partial charge is 0.0992 e. The molecule has 2 heterocycles. The Morgan fingerprint density at radius 1 is 1.35 bits per heavy atom. The highest BCUT2D eigenvalue weighted by Gasteiger charge is 2.08. The van der Waals surface area contributed by atoms with Gasteiger partial charge in [0.2, 0.25) is 0 Å². The number of imidazole rings is 1. The summed E-state index contributed by atoms with van der Waals surface area (Å²) in [4.78, 5) is 8.54. The normalized spacial score (nSPS) is 12.6. The number of nitrogens with one attached hydrogen (secondary N) is 1. The monoisotopic (exact) mass is 230 g/mol. The Morgan fingerprint density at radius 2 is 2.24 bits per heavy atom. The minimum absolute atomic E-state index is 0.344. The summed E-state index contributed by atoms with van der Waals surface area (Å²) >= 11 is 0. The average Bonchev–Trinajstić information content (AvgIpc) is 2.90. The van der Waals surface area contributed by atoms with E-state index >= 15 is 0 Å². The molecule has 0 spiro atoms. The first-order chi connectivity index (χ1) is 8.35. The molecule has 2 rings (SSSR count). The molecule has 90 valence electrons. The van der Waals surface area contributed by atoms with E-state index in [9.17, 15) is 0 Å². The Hall–Kier alpha value is -1.68. The Morgan fingerprint density at radius 3 is 2.76 bits per heavy atom. The molecular weight excluding hydrogens is 212 g/mol. The van der Waals surface area contributed by atoms with Gasteiger partial charge in [-0.3, -0.25) is 4.98 Å². The van der Waals surface area contributed by atoms with Crippen LogP contribution in [-0.4, -0.2) is 21.1 Å². The second kappa shape index (κ2) is 5.59. The Bertz CT molecular complexity index is 433. The minimum Gasteiger partial charge on any atom is -0.309 e. The lowest BCUT2D eigenvalue weighted by molar-refractivity contribution is 0.524. The van der Waals surface area contributed by atoms with E-state index < -0.39 is 0 Å². The number of hydrogen-bond acceptors (Lipinski definition) is 3. The maximum absolute atomic E-state index is 4.51. The fraction of sp³-hybridized carbons (Fsp3) is 0.385. The molecule has 17 heavy (non-hydrogen) atoms. The maximum atomic E-state index is 4.51. The average molecular weight is 230 g/mol. The number of pyridine rings is 1. The van der Waals surface area contributed by atoms with Gasteiger partial charge < -0.3 is 9.88 Å². The lowest BCUT2D eigenvalue weighted by atomic mass is 10.1. The van der Waals surface area contributed by atoms with Crippen molar-refractivity contribution in [3.63, 3.8) is 0 Å². The molecule has 0 aliphatic heterocycles. The number of rotatable bonds is 5. The van der Waals surface area contributed by atoms with E-state index in [0.717, 1.165) is 24.3 Å². The predicted octanol–water partition coefficient (Wildman–Crippen LogP) is 2.33. The molecule has 2 aromatic rings. The van der Waals surface area contributed by atoms with Crippen LogP contribution in [0.2, 0.25) is 0 Å². The van der Waals surface area contributed by atoms with E-state index in [1.54, 1.807) is 12.5 Å². The summed E-state index contributed by atoms with van der Waals surface area (Å²) in [5, 5.41) is 3.42. The van der Waals surface area contributed by atoms with Gasteiger partial charge in [-0.2, -0.15) is 0 Å². The largest absolute Gasteiger partial charge is 0.309 e. The van der Waals surface area contributed by atoms with Gasteiger partial charge in [0.15, 0.2) is 0 Å². The number of hydrogen-bond donors (Lipinski definition) is 1. The zero-order valence-electron chi connectivity index (χ0n) is 10.3. The summed E-state index contributed by atoms with van der Waals surface area (Å²) < 4.78 is 1.95. The van der Waals surface area contributed by atoms with Crippen LogP contribution in [0.4, 0.5) is 0 Å². The molecule has 0 saturated carbocycles. The van der Waals surface area contributed by atoms with Crippen LogP contribution in [0.3, 0.4) is 0 Å². The van der Waals surface area contributed by atoms with Crippen molar-refractivity contribution >= 4 is 0 Å². The molecule has 1 N–H and O–H groups in total. The third-order valence-electron chi connectivity index (χ3n) is 2.79. The van der Waals surface area contributed by atoms with Crippen LogP contribution in [-0.2, 0) is 0 Å². The lowest BCUT2D eigenvalue weighted by Crippen LogP contribution is -2.21. The molecule has 0 aliphatic carbocycles. The molecular formula is C13H18N4. The molecule has 0 aliphatic rings. The third-order valence-corrected chi connectivity index (χ3v) is 2.79. The van der Waals surface area contributed by atoms with E-state index in [0.29, 0.717) is 6.04 Å². The fourth-order valence-corrected chi connectivity index (χ4v) is 1.87. The van der Waals surface area contributed by atoms with E-state index in [1.807, 2.05) is 17.0 Å². The molecule has 0 aromatic carbocycles. The molecule has 0 saturated heterocycles. The quantitative estimate of drug-likeness (QED) is 0.857. The highest BCUT2D eigenvalue weighted by Crippen LogP contribution is 2.15. The van der Waals surface area contributed by atoms with Gasteiger partial charge in [-0.15, -0.1) is 0 Å².